The average molecular weight is 409 g/mol. The Morgan fingerprint density at radius 1 is 1.36 bits per heavy atom. The molecule has 9 heteroatoms. The van der Waals surface area contributed by atoms with E-state index in [2.05, 4.69) is 21.1 Å². The van der Waals surface area contributed by atoms with Gasteiger partial charge in [0, 0.05) is 37.9 Å². The average Bonchev–Trinajstić information content (AvgIpc) is 3.13. The largest absolute Gasteiger partial charge is 0.383 e. The van der Waals surface area contributed by atoms with Crippen LogP contribution in [0.3, 0.4) is 0 Å². The maximum Gasteiger partial charge on any atom is 0.259 e. The summed E-state index contributed by atoms with van der Waals surface area (Å²) in [5.41, 5.74) is 1.06. The summed E-state index contributed by atoms with van der Waals surface area (Å²) in [6.07, 6.45) is 0.780. The SMILES string of the molecule is COCCNc1noc(-c2ccc(Cl)cc2)c1C(=O)NC1CNCCC1OC. The summed E-state index contributed by atoms with van der Waals surface area (Å²) in [5, 5.41) is 14.1. The molecule has 1 aromatic carbocycles. The molecule has 0 saturated carbocycles. The van der Waals surface area contributed by atoms with Crippen LogP contribution >= 0.6 is 11.6 Å². The Labute approximate surface area is 168 Å². The molecule has 152 valence electrons. The number of hydrogen-bond acceptors (Lipinski definition) is 7. The van der Waals surface area contributed by atoms with Crippen LogP contribution < -0.4 is 16.0 Å². The first-order chi connectivity index (χ1) is 13.6. The molecule has 2 heterocycles. The van der Waals surface area contributed by atoms with E-state index >= 15 is 0 Å². The van der Waals surface area contributed by atoms with Crippen molar-refractivity contribution in [3.05, 3.63) is 34.9 Å². The monoisotopic (exact) mass is 408 g/mol. The van der Waals surface area contributed by atoms with Crippen LogP contribution in [0.25, 0.3) is 11.3 Å². The molecular weight excluding hydrogens is 384 g/mol. The van der Waals surface area contributed by atoms with Crippen molar-refractivity contribution in [2.75, 3.05) is 45.8 Å². The third-order valence-corrected chi connectivity index (χ3v) is 4.91. The van der Waals surface area contributed by atoms with Crippen molar-refractivity contribution >= 4 is 23.3 Å². The Bertz CT molecular complexity index is 781. The van der Waals surface area contributed by atoms with Crippen molar-refractivity contribution in [3.63, 3.8) is 0 Å². The normalized spacial score (nSPS) is 19.4. The Balaban J connectivity index is 1.87. The lowest BCUT2D eigenvalue weighted by molar-refractivity contribution is 0.0448. The van der Waals surface area contributed by atoms with Gasteiger partial charge in [0.1, 0.15) is 5.56 Å². The molecule has 2 atom stereocenters. The standard InChI is InChI=1S/C19H25ClN4O4/c1-26-10-9-22-18-16(17(28-24-18)12-3-5-13(20)6-4-12)19(25)23-14-11-21-8-7-15(14)27-2/h3-6,14-15,21H,7-11H2,1-2H3,(H,22,24)(H,23,25). The molecule has 1 aliphatic rings. The molecule has 0 radical (unpaired) electrons. The van der Waals surface area contributed by atoms with Crippen LogP contribution in [0.2, 0.25) is 5.02 Å². The van der Waals surface area contributed by atoms with E-state index < -0.39 is 0 Å². The summed E-state index contributed by atoms with van der Waals surface area (Å²) in [5.74, 6) is 0.478. The van der Waals surface area contributed by atoms with Crippen LogP contribution in [0.4, 0.5) is 5.82 Å². The topological polar surface area (TPSA) is 97.7 Å². The molecule has 28 heavy (non-hydrogen) atoms. The number of methoxy groups -OCH3 is 2. The molecule has 0 spiro atoms. The number of piperidine rings is 1. The Morgan fingerprint density at radius 3 is 2.86 bits per heavy atom. The van der Waals surface area contributed by atoms with E-state index in [-0.39, 0.29) is 18.1 Å². The number of carbonyl (C=O) groups is 1. The summed E-state index contributed by atoms with van der Waals surface area (Å²) in [6, 6.07) is 6.92. The van der Waals surface area contributed by atoms with Gasteiger partial charge in [-0.3, -0.25) is 4.79 Å². The zero-order chi connectivity index (χ0) is 19.9. The number of aromatic nitrogens is 1. The molecule has 0 bridgehead atoms. The maximum atomic E-state index is 13.2. The molecule has 2 aromatic rings. The molecular formula is C19H25ClN4O4. The van der Waals surface area contributed by atoms with Gasteiger partial charge >= 0.3 is 0 Å². The number of nitrogens with zero attached hydrogens (tertiary/aromatic N) is 1. The fourth-order valence-electron chi connectivity index (χ4n) is 3.19. The van der Waals surface area contributed by atoms with Crippen LogP contribution in [-0.2, 0) is 9.47 Å². The first kappa shape index (κ1) is 20.6. The van der Waals surface area contributed by atoms with Gasteiger partial charge in [-0.2, -0.15) is 0 Å². The van der Waals surface area contributed by atoms with Gasteiger partial charge in [0.2, 0.25) is 0 Å². The van der Waals surface area contributed by atoms with E-state index in [1.165, 1.54) is 0 Å². The van der Waals surface area contributed by atoms with E-state index in [9.17, 15) is 4.79 Å². The minimum Gasteiger partial charge on any atom is -0.383 e. The second-order valence-corrected chi connectivity index (χ2v) is 6.95. The van der Waals surface area contributed by atoms with Crippen molar-refractivity contribution in [3.8, 4) is 11.3 Å². The highest BCUT2D eigenvalue weighted by Crippen LogP contribution is 2.30. The van der Waals surface area contributed by atoms with Gasteiger partial charge in [-0.05, 0) is 37.2 Å². The lowest BCUT2D eigenvalue weighted by atomic mass is 10.0. The van der Waals surface area contributed by atoms with Crippen molar-refractivity contribution in [1.82, 2.24) is 15.8 Å². The predicted octanol–water partition coefficient (Wildman–Crippen LogP) is 2.16. The number of halogens is 1. The minimum absolute atomic E-state index is 0.0473. The molecule has 3 N–H and O–H groups in total. The first-order valence-corrected chi connectivity index (χ1v) is 9.54. The van der Waals surface area contributed by atoms with Crippen LogP contribution in [0.5, 0.6) is 0 Å². The van der Waals surface area contributed by atoms with Crippen LogP contribution in [0.1, 0.15) is 16.8 Å². The van der Waals surface area contributed by atoms with Gasteiger partial charge in [-0.15, -0.1) is 0 Å². The summed E-state index contributed by atoms with van der Waals surface area (Å²) < 4.78 is 16.1. The van der Waals surface area contributed by atoms with Crippen molar-refractivity contribution < 1.29 is 18.8 Å². The molecule has 3 rings (SSSR count). The molecule has 1 aromatic heterocycles. The van der Waals surface area contributed by atoms with Gasteiger partial charge in [-0.25, -0.2) is 0 Å². The van der Waals surface area contributed by atoms with Crippen molar-refractivity contribution in [2.45, 2.75) is 18.6 Å². The highest BCUT2D eigenvalue weighted by Gasteiger charge is 2.30. The molecule has 2 unspecified atom stereocenters. The summed E-state index contributed by atoms with van der Waals surface area (Å²) >= 11 is 5.98. The number of benzene rings is 1. The zero-order valence-electron chi connectivity index (χ0n) is 16.0. The van der Waals surface area contributed by atoms with Crippen LogP contribution in [0.15, 0.2) is 28.8 Å². The fraction of sp³-hybridized carbons (Fsp3) is 0.474. The lowest BCUT2D eigenvalue weighted by Crippen LogP contribution is -2.54. The second kappa shape index (κ2) is 9.88. The Kier molecular flexibility index (Phi) is 7.27. The minimum atomic E-state index is -0.276. The summed E-state index contributed by atoms with van der Waals surface area (Å²) in [4.78, 5) is 13.2. The van der Waals surface area contributed by atoms with Crippen LogP contribution in [-0.4, -0.2) is 63.7 Å². The number of ether oxygens (including phenoxy) is 2. The third kappa shape index (κ3) is 4.82. The third-order valence-electron chi connectivity index (χ3n) is 4.66. The second-order valence-electron chi connectivity index (χ2n) is 6.51. The Hall–Kier alpha value is -2.13. The molecule has 1 saturated heterocycles. The summed E-state index contributed by atoms with van der Waals surface area (Å²) in [7, 11) is 3.27. The van der Waals surface area contributed by atoms with E-state index in [0.717, 1.165) is 13.0 Å². The van der Waals surface area contributed by atoms with E-state index in [1.54, 1.807) is 38.5 Å². The van der Waals surface area contributed by atoms with Gasteiger partial charge < -0.3 is 29.9 Å². The van der Waals surface area contributed by atoms with Crippen molar-refractivity contribution in [2.24, 2.45) is 0 Å². The van der Waals surface area contributed by atoms with Crippen LogP contribution in [0, 0.1) is 0 Å². The Morgan fingerprint density at radius 2 is 2.14 bits per heavy atom. The van der Waals surface area contributed by atoms with E-state index in [1.807, 2.05) is 0 Å². The number of amides is 1. The van der Waals surface area contributed by atoms with Gasteiger partial charge in [0.25, 0.3) is 5.91 Å². The number of anilines is 1. The molecule has 1 fully saturated rings. The van der Waals surface area contributed by atoms with Gasteiger partial charge in [0.05, 0.1) is 18.8 Å². The maximum absolute atomic E-state index is 13.2. The molecule has 0 aliphatic carbocycles. The molecule has 1 aliphatic heterocycles. The number of nitrogens with one attached hydrogen (secondary N) is 3. The fourth-order valence-corrected chi connectivity index (χ4v) is 3.32. The quantitative estimate of drug-likeness (QED) is 0.576. The summed E-state index contributed by atoms with van der Waals surface area (Å²) in [6.45, 7) is 2.47. The lowest BCUT2D eigenvalue weighted by Gasteiger charge is -2.31. The number of carbonyl (C=O) groups excluding carboxylic acids is 1. The highest BCUT2D eigenvalue weighted by molar-refractivity contribution is 6.30. The van der Waals surface area contributed by atoms with Crippen molar-refractivity contribution in [1.29, 1.82) is 0 Å². The predicted molar refractivity (Wildman–Crippen MR) is 107 cm³/mol. The van der Waals surface area contributed by atoms with E-state index in [0.29, 0.717) is 47.4 Å². The van der Waals surface area contributed by atoms with Gasteiger partial charge in [-0.1, -0.05) is 16.8 Å². The number of hydrogen-bond donors (Lipinski definition) is 3. The smallest absolute Gasteiger partial charge is 0.259 e. The number of rotatable bonds is 8. The molecule has 8 nitrogen and oxygen atoms in total. The highest BCUT2D eigenvalue weighted by atomic mass is 35.5. The molecule has 1 amide bonds. The van der Waals surface area contributed by atoms with E-state index in [4.69, 9.17) is 25.6 Å². The zero-order valence-corrected chi connectivity index (χ0v) is 16.7. The van der Waals surface area contributed by atoms with Gasteiger partial charge in [0.15, 0.2) is 11.6 Å². The first-order valence-electron chi connectivity index (χ1n) is 9.16.